The maximum absolute atomic E-state index is 12.0. The molecule has 120 valence electrons. The topological polar surface area (TPSA) is 64.6 Å². The van der Waals surface area contributed by atoms with Gasteiger partial charge in [-0.05, 0) is 42.8 Å². The summed E-state index contributed by atoms with van der Waals surface area (Å²) >= 11 is 5.85. The van der Waals surface area contributed by atoms with E-state index in [2.05, 4.69) is 5.32 Å². The molecule has 0 aliphatic heterocycles. The highest BCUT2D eigenvalue weighted by Gasteiger charge is 2.13. The highest BCUT2D eigenvalue weighted by Crippen LogP contribution is 2.20. The summed E-state index contributed by atoms with van der Waals surface area (Å²) < 4.78 is 10.1. The molecule has 5 nitrogen and oxygen atoms in total. The molecule has 0 aliphatic rings. The van der Waals surface area contributed by atoms with Crippen molar-refractivity contribution in [1.29, 1.82) is 0 Å². The van der Waals surface area contributed by atoms with Crippen LogP contribution in [-0.4, -0.2) is 25.6 Å². The minimum Gasteiger partial charge on any atom is -0.484 e. The van der Waals surface area contributed by atoms with Gasteiger partial charge < -0.3 is 14.8 Å². The predicted molar refractivity (Wildman–Crippen MR) is 88.1 cm³/mol. The summed E-state index contributed by atoms with van der Waals surface area (Å²) in [5, 5.41) is 3.24. The molecular formula is C17H16ClNO4. The smallest absolute Gasteiger partial charge is 0.338 e. The molecule has 0 heterocycles. The number of esters is 1. The number of benzene rings is 2. The minimum absolute atomic E-state index is 0.164. The van der Waals surface area contributed by atoms with E-state index < -0.39 is 5.97 Å². The monoisotopic (exact) mass is 333 g/mol. The van der Waals surface area contributed by atoms with Crippen LogP contribution in [0.25, 0.3) is 0 Å². The molecule has 0 saturated carbocycles. The molecule has 0 radical (unpaired) electrons. The average Bonchev–Trinajstić information content (AvgIpc) is 2.54. The molecule has 2 aromatic carbocycles. The van der Waals surface area contributed by atoms with Gasteiger partial charge in [0.1, 0.15) is 5.75 Å². The van der Waals surface area contributed by atoms with Crippen LogP contribution in [0.3, 0.4) is 0 Å². The van der Waals surface area contributed by atoms with Crippen molar-refractivity contribution in [3.63, 3.8) is 0 Å². The number of carbonyl (C=O) groups is 2. The van der Waals surface area contributed by atoms with E-state index in [1.165, 1.54) is 7.11 Å². The number of ether oxygens (including phenoxy) is 2. The van der Waals surface area contributed by atoms with Gasteiger partial charge in [0.2, 0.25) is 0 Å². The van der Waals surface area contributed by atoms with Gasteiger partial charge in [-0.15, -0.1) is 0 Å². The van der Waals surface area contributed by atoms with Gasteiger partial charge in [-0.1, -0.05) is 23.7 Å². The zero-order chi connectivity index (χ0) is 16.8. The Morgan fingerprint density at radius 1 is 1.17 bits per heavy atom. The van der Waals surface area contributed by atoms with Crippen molar-refractivity contribution in [1.82, 2.24) is 0 Å². The quantitative estimate of drug-likeness (QED) is 0.851. The first-order chi connectivity index (χ1) is 11.0. The number of halogens is 1. The van der Waals surface area contributed by atoms with Crippen LogP contribution in [-0.2, 0) is 9.53 Å². The molecule has 0 saturated heterocycles. The molecule has 23 heavy (non-hydrogen) atoms. The van der Waals surface area contributed by atoms with Crippen molar-refractivity contribution < 1.29 is 19.1 Å². The van der Waals surface area contributed by atoms with Crippen molar-refractivity contribution in [3.05, 3.63) is 58.6 Å². The summed E-state index contributed by atoms with van der Waals surface area (Å²) in [4.78, 5) is 23.6. The highest BCUT2D eigenvalue weighted by molar-refractivity contribution is 6.30. The third-order valence-electron chi connectivity index (χ3n) is 3.18. The fourth-order valence-corrected chi connectivity index (χ4v) is 2.17. The summed E-state index contributed by atoms with van der Waals surface area (Å²) in [6, 6.07) is 11.8. The largest absolute Gasteiger partial charge is 0.484 e. The van der Waals surface area contributed by atoms with E-state index in [1.807, 2.05) is 0 Å². The van der Waals surface area contributed by atoms with E-state index in [0.717, 1.165) is 0 Å². The number of methoxy groups -OCH3 is 1. The van der Waals surface area contributed by atoms with E-state index in [1.54, 1.807) is 49.4 Å². The SMILES string of the molecule is COC(=O)c1cccc(NC(=O)COc2cccc(Cl)c2)c1C. The van der Waals surface area contributed by atoms with Gasteiger partial charge in [-0.25, -0.2) is 4.79 Å². The lowest BCUT2D eigenvalue weighted by molar-refractivity contribution is -0.118. The van der Waals surface area contributed by atoms with E-state index in [9.17, 15) is 9.59 Å². The average molecular weight is 334 g/mol. The molecule has 2 aromatic rings. The molecule has 0 unspecified atom stereocenters. The number of anilines is 1. The van der Waals surface area contributed by atoms with Crippen LogP contribution < -0.4 is 10.1 Å². The predicted octanol–water partition coefficient (Wildman–Crippen LogP) is 3.45. The normalized spacial score (nSPS) is 10.0. The van der Waals surface area contributed by atoms with E-state index in [0.29, 0.717) is 27.6 Å². The Labute approximate surface area is 139 Å². The second-order valence-corrected chi connectivity index (χ2v) is 5.20. The van der Waals surface area contributed by atoms with Crippen molar-refractivity contribution in [2.24, 2.45) is 0 Å². The van der Waals surface area contributed by atoms with Crippen molar-refractivity contribution in [3.8, 4) is 5.75 Å². The fourth-order valence-electron chi connectivity index (χ4n) is 1.99. The Kier molecular flexibility index (Phi) is 5.60. The Morgan fingerprint density at radius 2 is 1.91 bits per heavy atom. The summed E-state index contributed by atoms with van der Waals surface area (Å²) in [6.07, 6.45) is 0. The van der Waals surface area contributed by atoms with Crippen LogP contribution in [0.1, 0.15) is 15.9 Å². The van der Waals surface area contributed by atoms with Gasteiger partial charge >= 0.3 is 5.97 Å². The van der Waals surface area contributed by atoms with E-state index in [4.69, 9.17) is 21.1 Å². The van der Waals surface area contributed by atoms with Gasteiger partial charge in [0, 0.05) is 10.7 Å². The molecule has 1 N–H and O–H groups in total. The zero-order valence-corrected chi connectivity index (χ0v) is 13.5. The van der Waals surface area contributed by atoms with Crippen molar-refractivity contribution in [2.75, 3.05) is 19.0 Å². The molecule has 2 rings (SSSR count). The number of hydrogen-bond donors (Lipinski definition) is 1. The maximum atomic E-state index is 12.0. The van der Waals surface area contributed by atoms with Crippen LogP contribution in [0.5, 0.6) is 5.75 Å². The molecule has 0 bridgehead atoms. The molecule has 6 heteroatoms. The Bertz CT molecular complexity index is 730. The summed E-state index contributed by atoms with van der Waals surface area (Å²) in [5.74, 6) is -0.281. The Balaban J connectivity index is 2.02. The zero-order valence-electron chi connectivity index (χ0n) is 12.8. The first kappa shape index (κ1) is 16.8. The molecular weight excluding hydrogens is 318 g/mol. The Hall–Kier alpha value is -2.53. The second kappa shape index (κ2) is 7.65. The third-order valence-corrected chi connectivity index (χ3v) is 3.41. The first-order valence-electron chi connectivity index (χ1n) is 6.87. The van der Waals surface area contributed by atoms with Gasteiger partial charge in [-0.2, -0.15) is 0 Å². The van der Waals surface area contributed by atoms with Crippen LogP contribution in [0.15, 0.2) is 42.5 Å². The van der Waals surface area contributed by atoms with Crippen LogP contribution in [0.4, 0.5) is 5.69 Å². The maximum Gasteiger partial charge on any atom is 0.338 e. The van der Waals surface area contributed by atoms with Crippen LogP contribution in [0.2, 0.25) is 5.02 Å². The van der Waals surface area contributed by atoms with E-state index in [-0.39, 0.29) is 12.5 Å². The lowest BCUT2D eigenvalue weighted by atomic mass is 10.1. The number of rotatable bonds is 5. The lowest BCUT2D eigenvalue weighted by Crippen LogP contribution is -2.21. The van der Waals surface area contributed by atoms with Crippen molar-refractivity contribution >= 4 is 29.2 Å². The van der Waals surface area contributed by atoms with Gasteiger partial charge in [0.25, 0.3) is 5.91 Å². The van der Waals surface area contributed by atoms with Gasteiger partial charge in [0.05, 0.1) is 12.7 Å². The standard InChI is InChI=1S/C17H16ClNO4/c1-11-14(17(21)22-2)7-4-8-15(11)19-16(20)10-23-13-6-3-5-12(18)9-13/h3-9H,10H2,1-2H3,(H,19,20). The number of carbonyl (C=O) groups excluding carboxylic acids is 2. The first-order valence-corrected chi connectivity index (χ1v) is 7.25. The van der Waals surface area contributed by atoms with Gasteiger partial charge in [0.15, 0.2) is 6.61 Å². The molecule has 0 atom stereocenters. The summed E-state index contributed by atoms with van der Waals surface area (Å²) in [6.45, 7) is 1.57. The van der Waals surface area contributed by atoms with Crippen LogP contribution in [0, 0.1) is 6.92 Å². The molecule has 0 aliphatic carbocycles. The fraction of sp³-hybridized carbons (Fsp3) is 0.176. The summed E-state index contributed by atoms with van der Waals surface area (Å²) in [5.41, 5.74) is 1.57. The second-order valence-electron chi connectivity index (χ2n) is 4.76. The van der Waals surface area contributed by atoms with Crippen molar-refractivity contribution in [2.45, 2.75) is 6.92 Å². The number of hydrogen-bond acceptors (Lipinski definition) is 4. The molecule has 0 spiro atoms. The van der Waals surface area contributed by atoms with Crippen LogP contribution >= 0.6 is 11.6 Å². The molecule has 1 amide bonds. The molecule has 0 aromatic heterocycles. The summed E-state index contributed by atoms with van der Waals surface area (Å²) in [7, 11) is 1.31. The number of nitrogens with one attached hydrogen (secondary N) is 1. The Morgan fingerprint density at radius 3 is 2.61 bits per heavy atom. The number of amides is 1. The third kappa shape index (κ3) is 4.47. The highest BCUT2D eigenvalue weighted by atomic mass is 35.5. The molecule has 0 fully saturated rings. The van der Waals surface area contributed by atoms with E-state index >= 15 is 0 Å². The minimum atomic E-state index is -0.450. The lowest BCUT2D eigenvalue weighted by Gasteiger charge is -2.12. The van der Waals surface area contributed by atoms with Gasteiger partial charge in [-0.3, -0.25) is 4.79 Å².